The number of hydrogen-bond acceptors (Lipinski definition) is 9. The third-order valence-electron chi connectivity index (χ3n) is 8.43. The topological polar surface area (TPSA) is 130 Å². The number of ether oxygens (including phenoxy) is 3. The molecule has 0 bridgehead atoms. The molecule has 12 nitrogen and oxygen atoms in total. The van der Waals surface area contributed by atoms with Crippen molar-refractivity contribution >= 4 is 34.7 Å². The van der Waals surface area contributed by atoms with E-state index in [1.807, 2.05) is 11.6 Å². The van der Waals surface area contributed by atoms with Crippen LogP contribution in [0, 0.1) is 11.3 Å². The van der Waals surface area contributed by atoms with Gasteiger partial charge in [0.05, 0.1) is 32.6 Å². The molecule has 42 heavy (non-hydrogen) atoms. The zero-order valence-corrected chi connectivity index (χ0v) is 24.6. The minimum absolute atomic E-state index is 0.0146. The van der Waals surface area contributed by atoms with E-state index >= 15 is 0 Å². The maximum Gasteiger partial charge on any atom is 0.228 e. The Kier molecular flexibility index (Phi) is 6.16. The number of hydrogen-bond donors (Lipinski definition) is 2. The Hall–Kier alpha value is -4.19. The number of rotatable bonds is 8. The van der Waals surface area contributed by atoms with Gasteiger partial charge in [0.2, 0.25) is 11.9 Å². The number of amides is 1. The molecule has 5 heterocycles. The first kappa shape index (κ1) is 26.7. The number of fused-ring (bicyclic) bond motifs is 1. The predicted molar refractivity (Wildman–Crippen MR) is 156 cm³/mol. The molecule has 3 aliphatic rings. The van der Waals surface area contributed by atoms with Crippen LogP contribution in [-0.2, 0) is 22.0 Å². The van der Waals surface area contributed by atoms with E-state index in [0.717, 1.165) is 44.7 Å². The van der Waals surface area contributed by atoms with Crippen LogP contribution in [0.1, 0.15) is 58.2 Å². The van der Waals surface area contributed by atoms with Gasteiger partial charge in [0.15, 0.2) is 23.0 Å². The summed E-state index contributed by atoms with van der Waals surface area (Å²) >= 11 is 0. The van der Waals surface area contributed by atoms with Crippen molar-refractivity contribution in [2.75, 3.05) is 31.0 Å². The molecule has 2 saturated carbocycles. The van der Waals surface area contributed by atoms with Gasteiger partial charge in [0, 0.05) is 47.8 Å². The van der Waals surface area contributed by atoms with E-state index in [1.165, 1.54) is 5.69 Å². The lowest BCUT2D eigenvalue weighted by molar-refractivity contribution is -0.176. The molecule has 4 aromatic rings. The molecule has 1 amide bonds. The van der Waals surface area contributed by atoms with Gasteiger partial charge in [0.25, 0.3) is 0 Å². The first-order valence-electron chi connectivity index (χ1n) is 14.4. The average Bonchev–Trinajstić information content (AvgIpc) is 3.59. The number of aromatic nitrogens is 6. The van der Waals surface area contributed by atoms with Gasteiger partial charge in [-0.05, 0) is 31.7 Å². The predicted octanol–water partition coefficient (Wildman–Crippen LogP) is 5.10. The lowest BCUT2D eigenvalue weighted by Crippen LogP contribution is -2.53. The van der Waals surface area contributed by atoms with E-state index in [2.05, 4.69) is 52.1 Å². The normalized spacial score (nSPS) is 18.0. The summed E-state index contributed by atoms with van der Waals surface area (Å²) in [6.07, 6.45) is 7.21. The van der Waals surface area contributed by atoms with Crippen LogP contribution in [-0.4, -0.2) is 55.5 Å². The summed E-state index contributed by atoms with van der Waals surface area (Å²) < 4.78 is 21.5. The number of methoxy groups -OCH3 is 1. The third-order valence-corrected chi connectivity index (χ3v) is 8.43. The van der Waals surface area contributed by atoms with Crippen molar-refractivity contribution in [2.24, 2.45) is 18.4 Å². The zero-order valence-electron chi connectivity index (χ0n) is 24.6. The first-order chi connectivity index (χ1) is 20.1. The SMILES string of the molecule is COc1c(Oc2ccnc(NC(=O)C3CC3)c2)cnc2nc(Nc3cc(C(C)(C)C)n(C4CC5(COC5)C4)n3)n(C)c12. The van der Waals surface area contributed by atoms with E-state index in [-0.39, 0.29) is 17.2 Å². The van der Waals surface area contributed by atoms with Crippen LogP contribution < -0.4 is 20.1 Å². The summed E-state index contributed by atoms with van der Waals surface area (Å²) in [4.78, 5) is 25.7. The van der Waals surface area contributed by atoms with Crippen molar-refractivity contribution in [3.63, 3.8) is 0 Å². The number of nitrogens with zero attached hydrogens (tertiary/aromatic N) is 6. The van der Waals surface area contributed by atoms with Gasteiger partial charge in [-0.2, -0.15) is 10.1 Å². The Morgan fingerprint density at radius 1 is 1.14 bits per heavy atom. The van der Waals surface area contributed by atoms with Crippen molar-refractivity contribution in [1.82, 2.24) is 29.3 Å². The fourth-order valence-electron chi connectivity index (χ4n) is 5.90. The number of pyridine rings is 2. The maximum atomic E-state index is 12.2. The smallest absolute Gasteiger partial charge is 0.228 e. The van der Waals surface area contributed by atoms with Crippen LogP contribution >= 0.6 is 0 Å². The first-order valence-corrected chi connectivity index (χ1v) is 14.4. The summed E-state index contributed by atoms with van der Waals surface area (Å²) in [7, 11) is 3.49. The highest BCUT2D eigenvalue weighted by molar-refractivity contribution is 5.93. The number of carbonyl (C=O) groups is 1. The minimum atomic E-state index is -0.0668. The highest BCUT2D eigenvalue weighted by Gasteiger charge is 2.51. The molecule has 7 rings (SSSR count). The molecule has 2 N–H and O–H groups in total. The van der Waals surface area contributed by atoms with Crippen molar-refractivity contribution in [3.05, 3.63) is 36.3 Å². The molecule has 2 aliphatic carbocycles. The van der Waals surface area contributed by atoms with Crippen molar-refractivity contribution in [1.29, 1.82) is 0 Å². The second kappa shape index (κ2) is 9.69. The number of carbonyl (C=O) groups excluding carboxylic acids is 1. The lowest BCUT2D eigenvalue weighted by atomic mass is 9.64. The Bertz CT molecular complexity index is 1670. The Morgan fingerprint density at radius 3 is 2.60 bits per heavy atom. The quantitative estimate of drug-likeness (QED) is 0.296. The lowest BCUT2D eigenvalue weighted by Gasteiger charge is -2.53. The van der Waals surface area contributed by atoms with Crippen LogP contribution in [0.5, 0.6) is 17.2 Å². The van der Waals surface area contributed by atoms with Gasteiger partial charge < -0.3 is 29.4 Å². The van der Waals surface area contributed by atoms with Crippen molar-refractivity contribution < 1.29 is 19.0 Å². The zero-order chi connectivity index (χ0) is 29.2. The van der Waals surface area contributed by atoms with Crippen molar-refractivity contribution in [2.45, 2.75) is 57.9 Å². The molecule has 220 valence electrons. The standard InChI is InChI=1S/C30H36N8O4/c1-29(2,3)21-11-23(36-38(21)18-12-30(13-18)15-41-16-30)34-28-35-26-24(37(28)4)25(40-5)20(14-32-26)42-19-8-9-31-22(10-19)33-27(39)17-6-7-17/h8-11,14,17-18H,6-7,12-13,15-16H2,1-5H3,(H,31,33,39)(H,32,34,35,36). The minimum Gasteiger partial charge on any atom is -0.491 e. The highest BCUT2D eigenvalue weighted by Crippen LogP contribution is 2.54. The Balaban J connectivity index is 1.15. The Labute approximate surface area is 243 Å². The van der Waals surface area contributed by atoms with Crippen LogP contribution in [0.3, 0.4) is 0 Å². The molecule has 0 aromatic carbocycles. The fraction of sp³-hybridized carbons (Fsp3) is 0.500. The monoisotopic (exact) mass is 572 g/mol. The maximum absolute atomic E-state index is 12.2. The number of aryl methyl sites for hydroxylation is 1. The van der Waals surface area contributed by atoms with E-state index in [1.54, 1.807) is 31.6 Å². The molecule has 0 unspecified atom stereocenters. The molecule has 1 saturated heterocycles. The fourth-order valence-corrected chi connectivity index (χ4v) is 5.90. The van der Waals surface area contributed by atoms with Crippen LogP contribution in [0.25, 0.3) is 11.2 Å². The van der Waals surface area contributed by atoms with Gasteiger partial charge in [-0.15, -0.1) is 0 Å². The van der Waals surface area contributed by atoms with Crippen LogP contribution in [0.4, 0.5) is 17.6 Å². The molecular formula is C30H36N8O4. The van der Waals surface area contributed by atoms with E-state index < -0.39 is 0 Å². The van der Waals surface area contributed by atoms with E-state index in [9.17, 15) is 4.79 Å². The molecule has 12 heteroatoms. The van der Waals surface area contributed by atoms with Crippen LogP contribution in [0.2, 0.25) is 0 Å². The van der Waals surface area contributed by atoms with E-state index in [0.29, 0.717) is 51.6 Å². The second-order valence-corrected chi connectivity index (χ2v) is 12.9. The summed E-state index contributed by atoms with van der Waals surface area (Å²) in [6.45, 7) is 8.36. The third kappa shape index (κ3) is 4.73. The van der Waals surface area contributed by atoms with Gasteiger partial charge in [-0.3, -0.25) is 9.48 Å². The molecule has 0 radical (unpaired) electrons. The summed E-state index contributed by atoms with van der Waals surface area (Å²) in [5, 5.41) is 11.3. The molecule has 1 aliphatic heterocycles. The van der Waals surface area contributed by atoms with Gasteiger partial charge in [-0.25, -0.2) is 9.97 Å². The summed E-state index contributed by atoms with van der Waals surface area (Å²) in [5.74, 6) is 3.24. The number of anilines is 3. The van der Waals surface area contributed by atoms with Gasteiger partial charge in [-0.1, -0.05) is 20.8 Å². The number of imidazole rings is 1. The van der Waals surface area contributed by atoms with Crippen molar-refractivity contribution in [3.8, 4) is 17.2 Å². The molecule has 4 aromatic heterocycles. The summed E-state index contributed by atoms with van der Waals surface area (Å²) in [6, 6.07) is 5.89. The van der Waals surface area contributed by atoms with E-state index in [4.69, 9.17) is 24.3 Å². The largest absolute Gasteiger partial charge is 0.491 e. The van der Waals surface area contributed by atoms with Crippen LogP contribution in [0.15, 0.2) is 30.6 Å². The second-order valence-electron chi connectivity index (χ2n) is 12.9. The highest BCUT2D eigenvalue weighted by atomic mass is 16.5. The average molecular weight is 573 g/mol. The van der Waals surface area contributed by atoms with Gasteiger partial charge in [0.1, 0.15) is 17.1 Å². The molecular weight excluding hydrogens is 536 g/mol. The number of nitrogens with one attached hydrogen (secondary N) is 2. The summed E-state index contributed by atoms with van der Waals surface area (Å²) in [5.41, 5.74) is 2.65. The Morgan fingerprint density at radius 2 is 1.93 bits per heavy atom. The van der Waals surface area contributed by atoms with Gasteiger partial charge >= 0.3 is 0 Å². The molecule has 0 atom stereocenters. The molecule has 1 spiro atoms. The molecule has 3 fully saturated rings.